The minimum atomic E-state index is -0.315. The molecule has 1 heterocycles. The Bertz CT molecular complexity index is 725. The van der Waals surface area contributed by atoms with E-state index in [2.05, 4.69) is 15.6 Å². The van der Waals surface area contributed by atoms with Crippen molar-refractivity contribution in [2.24, 2.45) is 0 Å². The Morgan fingerprint density at radius 3 is 2.71 bits per heavy atom. The van der Waals surface area contributed by atoms with Gasteiger partial charge in [-0.15, -0.1) is 0 Å². The third-order valence-electron chi connectivity index (χ3n) is 2.78. The molecule has 5 nitrogen and oxygen atoms in total. The molecular weight excluding hydrogens is 286 g/mol. The maximum Gasteiger partial charge on any atom is 0.258 e. The minimum Gasteiger partial charge on any atom is -0.352 e. The zero-order chi connectivity index (χ0) is 15.2. The summed E-state index contributed by atoms with van der Waals surface area (Å²) in [6.07, 6.45) is 1.66. The zero-order valence-corrected chi connectivity index (χ0v) is 12.3. The van der Waals surface area contributed by atoms with E-state index in [4.69, 9.17) is 12.2 Å². The number of aromatic amines is 1. The van der Waals surface area contributed by atoms with Crippen LogP contribution in [0.25, 0.3) is 0 Å². The lowest BCUT2D eigenvalue weighted by molar-refractivity contribution is 0.0954. The molecule has 0 fully saturated rings. The molecule has 0 atom stereocenters. The first-order valence-corrected chi connectivity index (χ1v) is 6.90. The number of hydrogen-bond donors (Lipinski definition) is 3. The molecule has 2 aromatic rings. The van der Waals surface area contributed by atoms with Crippen LogP contribution in [-0.2, 0) is 0 Å². The molecule has 0 aliphatic rings. The second-order valence-corrected chi connectivity index (χ2v) is 4.72. The molecule has 0 saturated heterocycles. The predicted molar refractivity (Wildman–Crippen MR) is 84.0 cm³/mol. The first-order chi connectivity index (χ1) is 10.1. The van der Waals surface area contributed by atoms with E-state index in [1.54, 1.807) is 42.6 Å². The second-order valence-electron chi connectivity index (χ2n) is 4.31. The number of rotatable bonds is 4. The van der Waals surface area contributed by atoms with Crippen molar-refractivity contribution in [1.82, 2.24) is 10.3 Å². The third-order valence-corrected chi connectivity index (χ3v) is 3.12. The third kappa shape index (κ3) is 3.76. The van der Waals surface area contributed by atoms with Gasteiger partial charge in [-0.1, -0.05) is 18.3 Å². The van der Waals surface area contributed by atoms with Crippen LogP contribution < -0.4 is 10.6 Å². The summed E-state index contributed by atoms with van der Waals surface area (Å²) in [4.78, 5) is 26.7. The van der Waals surface area contributed by atoms with Gasteiger partial charge in [-0.05, 0) is 37.3 Å². The number of carbonyl (C=O) groups is 2. The van der Waals surface area contributed by atoms with Crippen LogP contribution in [0, 0.1) is 4.64 Å². The lowest BCUT2D eigenvalue weighted by atomic mass is 10.1. The van der Waals surface area contributed by atoms with Crippen LogP contribution in [0.15, 0.2) is 42.6 Å². The molecule has 2 rings (SSSR count). The molecule has 1 aromatic carbocycles. The van der Waals surface area contributed by atoms with E-state index >= 15 is 0 Å². The average Bonchev–Trinajstić information content (AvgIpc) is 2.48. The van der Waals surface area contributed by atoms with E-state index < -0.39 is 0 Å². The molecule has 21 heavy (non-hydrogen) atoms. The highest BCUT2D eigenvalue weighted by molar-refractivity contribution is 7.71. The Labute approximate surface area is 127 Å². The highest BCUT2D eigenvalue weighted by atomic mass is 32.1. The van der Waals surface area contributed by atoms with Crippen LogP contribution in [-0.4, -0.2) is 23.3 Å². The van der Waals surface area contributed by atoms with Crippen LogP contribution in [0.4, 0.5) is 5.69 Å². The number of carbonyl (C=O) groups excluding carboxylic acids is 2. The smallest absolute Gasteiger partial charge is 0.258 e. The van der Waals surface area contributed by atoms with E-state index in [0.717, 1.165) is 0 Å². The van der Waals surface area contributed by atoms with Gasteiger partial charge in [0.25, 0.3) is 11.8 Å². The van der Waals surface area contributed by atoms with Gasteiger partial charge in [0.1, 0.15) is 4.64 Å². The summed E-state index contributed by atoms with van der Waals surface area (Å²) >= 11 is 5.07. The van der Waals surface area contributed by atoms with Crippen molar-refractivity contribution in [3.8, 4) is 0 Å². The van der Waals surface area contributed by atoms with Crippen molar-refractivity contribution in [3.05, 3.63) is 58.4 Å². The van der Waals surface area contributed by atoms with Gasteiger partial charge in [-0.25, -0.2) is 0 Å². The molecule has 0 saturated carbocycles. The second kappa shape index (κ2) is 6.81. The monoisotopic (exact) mass is 301 g/mol. The maximum absolute atomic E-state index is 12.1. The Balaban J connectivity index is 2.19. The number of amides is 2. The Kier molecular flexibility index (Phi) is 4.84. The molecule has 0 unspecified atom stereocenters. The van der Waals surface area contributed by atoms with Crippen LogP contribution in [0.2, 0.25) is 0 Å². The Hall–Kier alpha value is -2.47. The molecule has 0 aliphatic carbocycles. The number of hydrogen-bond acceptors (Lipinski definition) is 3. The van der Waals surface area contributed by atoms with Gasteiger partial charge >= 0.3 is 0 Å². The molecule has 108 valence electrons. The van der Waals surface area contributed by atoms with Crippen LogP contribution >= 0.6 is 12.2 Å². The molecule has 1 aromatic heterocycles. The van der Waals surface area contributed by atoms with E-state index in [-0.39, 0.29) is 11.8 Å². The number of aromatic nitrogens is 1. The molecule has 2 amide bonds. The van der Waals surface area contributed by atoms with Gasteiger partial charge in [-0.2, -0.15) is 0 Å². The van der Waals surface area contributed by atoms with Crippen molar-refractivity contribution in [2.75, 3.05) is 11.9 Å². The molecule has 0 spiro atoms. The first kappa shape index (κ1) is 14.9. The van der Waals surface area contributed by atoms with Crippen molar-refractivity contribution >= 4 is 29.7 Å². The number of H-pyrrole nitrogens is 1. The fraction of sp³-hybridized carbons (Fsp3) is 0.133. The summed E-state index contributed by atoms with van der Waals surface area (Å²) in [5.41, 5.74) is 1.42. The van der Waals surface area contributed by atoms with Crippen LogP contribution in [0.5, 0.6) is 0 Å². The van der Waals surface area contributed by atoms with Crippen LogP contribution in [0.1, 0.15) is 27.6 Å². The lowest BCUT2D eigenvalue weighted by Gasteiger charge is -2.07. The summed E-state index contributed by atoms with van der Waals surface area (Å²) in [5.74, 6) is -0.490. The first-order valence-electron chi connectivity index (χ1n) is 6.49. The van der Waals surface area contributed by atoms with Crippen molar-refractivity contribution in [1.29, 1.82) is 0 Å². The van der Waals surface area contributed by atoms with Crippen molar-refractivity contribution < 1.29 is 9.59 Å². The van der Waals surface area contributed by atoms with E-state index in [0.29, 0.717) is 28.0 Å². The fourth-order valence-electron chi connectivity index (χ4n) is 1.80. The number of anilines is 1. The summed E-state index contributed by atoms with van der Waals surface area (Å²) in [6, 6.07) is 10.1. The van der Waals surface area contributed by atoms with E-state index in [9.17, 15) is 9.59 Å². The summed E-state index contributed by atoms with van der Waals surface area (Å²) in [6.45, 7) is 2.40. The average molecular weight is 301 g/mol. The Morgan fingerprint density at radius 2 is 2.00 bits per heavy atom. The molecule has 0 aliphatic heterocycles. The lowest BCUT2D eigenvalue weighted by Crippen LogP contribution is -2.22. The van der Waals surface area contributed by atoms with Gasteiger partial charge in [0.15, 0.2) is 0 Å². The van der Waals surface area contributed by atoms with E-state index in [1.165, 1.54) is 0 Å². The highest BCUT2D eigenvalue weighted by Gasteiger charge is 2.09. The van der Waals surface area contributed by atoms with E-state index in [1.807, 2.05) is 6.92 Å². The molecule has 0 radical (unpaired) electrons. The van der Waals surface area contributed by atoms with Crippen molar-refractivity contribution in [3.63, 3.8) is 0 Å². The normalized spacial score (nSPS) is 9.95. The topological polar surface area (TPSA) is 74.0 Å². The molecule has 0 bridgehead atoms. The highest BCUT2D eigenvalue weighted by Crippen LogP contribution is 2.12. The summed E-state index contributed by atoms with van der Waals surface area (Å²) in [5, 5.41) is 5.44. The largest absolute Gasteiger partial charge is 0.352 e. The Morgan fingerprint density at radius 1 is 1.19 bits per heavy atom. The quantitative estimate of drug-likeness (QED) is 0.760. The summed E-state index contributed by atoms with van der Waals surface area (Å²) in [7, 11) is 0. The zero-order valence-electron chi connectivity index (χ0n) is 11.5. The number of pyridine rings is 1. The minimum absolute atomic E-state index is 0.175. The fourth-order valence-corrected chi connectivity index (χ4v) is 2.03. The van der Waals surface area contributed by atoms with Gasteiger partial charge in [0.05, 0.1) is 5.56 Å². The van der Waals surface area contributed by atoms with Crippen LogP contribution in [0.3, 0.4) is 0 Å². The predicted octanol–water partition coefficient (Wildman–Crippen LogP) is 2.75. The molecule has 6 heteroatoms. The van der Waals surface area contributed by atoms with Gasteiger partial charge < -0.3 is 15.6 Å². The molecular formula is C15H15N3O2S. The SMILES string of the molecule is CCNC(=O)c1cccc(NC(=O)c2ccc[nH]c2=S)c1. The summed E-state index contributed by atoms with van der Waals surface area (Å²) < 4.78 is 0.370. The maximum atomic E-state index is 12.1. The van der Waals surface area contributed by atoms with Gasteiger partial charge in [-0.3, -0.25) is 9.59 Å². The van der Waals surface area contributed by atoms with Gasteiger partial charge in [0.2, 0.25) is 0 Å². The number of nitrogens with one attached hydrogen (secondary N) is 3. The standard InChI is InChI=1S/C15H15N3O2S/c1-2-16-13(19)10-5-3-6-11(9-10)18-14(20)12-7-4-8-17-15(12)21/h3-9H,2H2,1H3,(H,16,19)(H,17,21)(H,18,20). The number of benzene rings is 1. The van der Waals surface area contributed by atoms with Gasteiger partial charge in [0, 0.05) is 24.0 Å². The van der Waals surface area contributed by atoms with Crippen molar-refractivity contribution in [2.45, 2.75) is 6.92 Å². The molecule has 3 N–H and O–H groups in total.